The van der Waals surface area contributed by atoms with Crippen LogP contribution in [0.15, 0.2) is 18.2 Å². The molecular formula is C18H18N2O. The third-order valence-electron chi connectivity index (χ3n) is 4.21. The van der Waals surface area contributed by atoms with E-state index in [1.165, 1.54) is 11.1 Å². The number of pyridine rings is 1. The number of aromatic nitrogens is 1. The molecule has 1 aliphatic carbocycles. The van der Waals surface area contributed by atoms with E-state index in [0.717, 1.165) is 41.8 Å². The standard InChI is InChI=1S/C18H18N2O/c1-11-7-8-12(2)17(13(11)3)21-18-15(10-19)9-14-5-4-6-16(14)20-18/h7-9H,4-6H2,1-3H3. The van der Waals surface area contributed by atoms with Crippen molar-refractivity contribution in [3.63, 3.8) is 0 Å². The minimum absolute atomic E-state index is 0.440. The van der Waals surface area contributed by atoms with Crippen molar-refractivity contribution >= 4 is 0 Å². The Bertz CT molecular complexity index is 757. The highest BCUT2D eigenvalue weighted by atomic mass is 16.5. The van der Waals surface area contributed by atoms with Crippen LogP contribution in [-0.2, 0) is 12.8 Å². The molecule has 21 heavy (non-hydrogen) atoms. The van der Waals surface area contributed by atoms with Gasteiger partial charge >= 0.3 is 0 Å². The SMILES string of the molecule is Cc1ccc(C)c(Oc2nc3c(cc2C#N)CCC3)c1C. The Kier molecular flexibility index (Phi) is 3.39. The highest BCUT2D eigenvalue weighted by Crippen LogP contribution is 2.33. The van der Waals surface area contributed by atoms with Gasteiger partial charge in [0, 0.05) is 5.69 Å². The lowest BCUT2D eigenvalue weighted by molar-refractivity contribution is 0.452. The molecule has 0 saturated carbocycles. The van der Waals surface area contributed by atoms with E-state index in [2.05, 4.69) is 24.0 Å². The summed E-state index contributed by atoms with van der Waals surface area (Å²) in [4.78, 5) is 4.59. The van der Waals surface area contributed by atoms with E-state index in [9.17, 15) is 5.26 Å². The second kappa shape index (κ2) is 5.21. The Morgan fingerprint density at radius 3 is 2.67 bits per heavy atom. The van der Waals surface area contributed by atoms with E-state index in [0.29, 0.717) is 11.4 Å². The molecule has 0 spiro atoms. The van der Waals surface area contributed by atoms with Gasteiger partial charge in [-0.15, -0.1) is 0 Å². The van der Waals surface area contributed by atoms with Gasteiger partial charge in [-0.05, 0) is 68.4 Å². The Morgan fingerprint density at radius 1 is 1.14 bits per heavy atom. The van der Waals surface area contributed by atoms with Crippen molar-refractivity contribution in [2.75, 3.05) is 0 Å². The van der Waals surface area contributed by atoms with Gasteiger partial charge < -0.3 is 4.74 Å². The van der Waals surface area contributed by atoms with Gasteiger partial charge in [0.15, 0.2) is 0 Å². The maximum atomic E-state index is 9.35. The van der Waals surface area contributed by atoms with Crippen molar-refractivity contribution in [3.05, 3.63) is 51.7 Å². The fourth-order valence-electron chi connectivity index (χ4n) is 2.79. The molecule has 3 rings (SSSR count). The highest BCUT2D eigenvalue weighted by molar-refractivity contribution is 5.50. The smallest absolute Gasteiger partial charge is 0.237 e. The topological polar surface area (TPSA) is 45.9 Å². The van der Waals surface area contributed by atoms with Crippen LogP contribution in [0.3, 0.4) is 0 Å². The summed E-state index contributed by atoms with van der Waals surface area (Å²) >= 11 is 0. The molecule has 106 valence electrons. The number of aryl methyl sites for hydroxylation is 4. The zero-order valence-electron chi connectivity index (χ0n) is 12.7. The predicted molar refractivity (Wildman–Crippen MR) is 81.7 cm³/mol. The summed E-state index contributed by atoms with van der Waals surface area (Å²) in [5.74, 6) is 1.26. The third kappa shape index (κ3) is 2.38. The van der Waals surface area contributed by atoms with Gasteiger partial charge in [0.1, 0.15) is 17.4 Å². The van der Waals surface area contributed by atoms with Crippen LogP contribution in [0.2, 0.25) is 0 Å². The van der Waals surface area contributed by atoms with Crippen LogP contribution >= 0.6 is 0 Å². The third-order valence-corrected chi connectivity index (χ3v) is 4.21. The Hall–Kier alpha value is -2.34. The van der Waals surface area contributed by atoms with Crippen LogP contribution in [0.25, 0.3) is 0 Å². The van der Waals surface area contributed by atoms with Crippen molar-refractivity contribution in [1.82, 2.24) is 4.98 Å². The largest absolute Gasteiger partial charge is 0.437 e. The van der Waals surface area contributed by atoms with Gasteiger partial charge in [-0.2, -0.15) is 5.26 Å². The number of benzene rings is 1. The summed E-state index contributed by atoms with van der Waals surface area (Å²) in [6.45, 7) is 6.11. The Labute approximate surface area is 125 Å². The van der Waals surface area contributed by atoms with Crippen molar-refractivity contribution in [2.24, 2.45) is 0 Å². The Balaban J connectivity index is 2.07. The number of rotatable bonds is 2. The van der Waals surface area contributed by atoms with Gasteiger partial charge in [-0.25, -0.2) is 4.98 Å². The molecule has 1 heterocycles. The Morgan fingerprint density at radius 2 is 1.90 bits per heavy atom. The first-order valence-corrected chi connectivity index (χ1v) is 7.27. The molecule has 3 heteroatoms. The van der Waals surface area contributed by atoms with E-state index >= 15 is 0 Å². The summed E-state index contributed by atoms with van der Waals surface area (Å²) in [7, 11) is 0. The van der Waals surface area contributed by atoms with Crippen LogP contribution < -0.4 is 4.74 Å². The summed E-state index contributed by atoms with van der Waals surface area (Å²) in [5.41, 5.74) is 6.13. The molecule has 3 nitrogen and oxygen atoms in total. The molecule has 0 saturated heterocycles. The second-order valence-electron chi connectivity index (χ2n) is 5.67. The average Bonchev–Trinajstić information content (AvgIpc) is 2.93. The van der Waals surface area contributed by atoms with Crippen molar-refractivity contribution < 1.29 is 4.74 Å². The van der Waals surface area contributed by atoms with E-state index in [4.69, 9.17) is 4.74 Å². The summed E-state index contributed by atoms with van der Waals surface area (Å²) in [5, 5.41) is 9.35. The molecule has 0 unspecified atom stereocenters. The number of ether oxygens (including phenoxy) is 1. The molecular weight excluding hydrogens is 260 g/mol. The molecule has 0 bridgehead atoms. The van der Waals surface area contributed by atoms with E-state index < -0.39 is 0 Å². The fourth-order valence-corrected chi connectivity index (χ4v) is 2.79. The lowest BCUT2D eigenvalue weighted by Crippen LogP contribution is -2.00. The second-order valence-corrected chi connectivity index (χ2v) is 5.67. The van der Waals surface area contributed by atoms with Crippen LogP contribution in [0.1, 0.15) is 39.9 Å². The minimum atomic E-state index is 0.440. The van der Waals surface area contributed by atoms with Gasteiger partial charge in [-0.1, -0.05) is 12.1 Å². The normalized spacial score (nSPS) is 12.9. The number of nitriles is 1. The van der Waals surface area contributed by atoms with Gasteiger partial charge in [-0.3, -0.25) is 0 Å². The summed E-state index contributed by atoms with van der Waals surface area (Å²) in [6.07, 6.45) is 3.10. The molecule has 0 atom stereocenters. The van der Waals surface area contributed by atoms with Crippen LogP contribution in [0.5, 0.6) is 11.6 Å². The highest BCUT2D eigenvalue weighted by Gasteiger charge is 2.19. The van der Waals surface area contributed by atoms with Gasteiger partial charge in [0.25, 0.3) is 0 Å². The average molecular weight is 278 g/mol. The van der Waals surface area contributed by atoms with E-state index in [-0.39, 0.29) is 0 Å². The predicted octanol–water partition coefficient (Wildman–Crippen LogP) is 4.16. The quantitative estimate of drug-likeness (QED) is 0.828. The maximum Gasteiger partial charge on any atom is 0.237 e. The monoisotopic (exact) mass is 278 g/mol. The molecule has 1 aliphatic rings. The molecule has 0 amide bonds. The van der Waals surface area contributed by atoms with Gasteiger partial charge in [0.2, 0.25) is 5.88 Å². The van der Waals surface area contributed by atoms with E-state index in [1.807, 2.05) is 26.0 Å². The molecule has 1 aromatic heterocycles. The first-order chi connectivity index (χ1) is 10.1. The molecule has 2 aromatic rings. The van der Waals surface area contributed by atoms with E-state index in [1.54, 1.807) is 0 Å². The van der Waals surface area contributed by atoms with Crippen molar-refractivity contribution in [3.8, 4) is 17.7 Å². The number of hydrogen-bond donors (Lipinski definition) is 0. The fraction of sp³-hybridized carbons (Fsp3) is 0.333. The molecule has 1 aromatic carbocycles. The van der Waals surface area contributed by atoms with Crippen molar-refractivity contribution in [1.29, 1.82) is 5.26 Å². The number of nitrogens with zero attached hydrogens (tertiary/aromatic N) is 2. The van der Waals surface area contributed by atoms with Crippen LogP contribution in [0, 0.1) is 32.1 Å². The summed E-state index contributed by atoms with van der Waals surface area (Å²) < 4.78 is 6.03. The minimum Gasteiger partial charge on any atom is -0.437 e. The molecule has 0 N–H and O–H groups in total. The van der Waals surface area contributed by atoms with Gasteiger partial charge in [0.05, 0.1) is 0 Å². The number of fused-ring (bicyclic) bond motifs is 1. The maximum absolute atomic E-state index is 9.35. The summed E-state index contributed by atoms with van der Waals surface area (Å²) in [6, 6.07) is 8.27. The first kappa shape index (κ1) is 13.6. The number of hydrogen-bond acceptors (Lipinski definition) is 3. The lowest BCUT2D eigenvalue weighted by atomic mass is 10.1. The first-order valence-electron chi connectivity index (χ1n) is 7.27. The van der Waals surface area contributed by atoms with Crippen LogP contribution in [0.4, 0.5) is 0 Å². The zero-order valence-corrected chi connectivity index (χ0v) is 12.7. The lowest BCUT2D eigenvalue weighted by Gasteiger charge is -2.14. The van der Waals surface area contributed by atoms with Crippen LogP contribution in [-0.4, -0.2) is 4.98 Å². The van der Waals surface area contributed by atoms with Crippen molar-refractivity contribution in [2.45, 2.75) is 40.0 Å². The zero-order chi connectivity index (χ0) is 15.0. The molecule has 0 fully saturated rings. The molecule has 0 radical (unpaired) electrons. The molecule has 0 aliphatic heterocycles.